The van der Waals surface area contributed by atoms with Crippen LogP contribution in [0.1, 0.15) is 17.5 Å². The molecule has 1 atom stereocenters. The molecule has 1 unspecified atom stereocenters. The Bertz CT molecular complexity index is 745. The van der Waals surface area contributed by atoms with E-state index in [0.717, 1.165) is 11.1 Å². The van der Waals surface area contributed by atoms with E-state index in [2.05, 4.69) is 15.4 Å². The van der Waals surface area contributed by atoms with Gasteiger partial charge < -0.3 is 10.1 Å². The lowest BCUT2D eigenvalue weighted by Crippen LogP contribution is -2.34. The smallest absolute Gasteiger partial charge is 0.322 e. The molecular weight excluding hydrogens is 322 g/mol. The van der Waals surface area contributed by atoms with E-state index < -0.39 is 28.0 Å². The molecule has 0 saturated carbocycles. The average molecular weight is 341 g/mol. The topological polar surface area (TPSA) is 114 Å². The number of hydrogen-bond acceptors (Lipinski definition) is 5. The fourth-order valence-electron chi connectivity index (χ4n) is 2.21. The summed E-state index contributed by atoms with van der Waals surface area (Å²) < 4.78 is 32.4. The van der Waals surface area contributed by atoms with Gasteiger partial charge in [-0.05, 0) is 43.5 Å². The molecule has 1 fully saturated rings. The number of carbonyl (C=O) groups is 2. The second kappa shape index (κ2) is 6.55. The summed E-state index contributed by atoms with van der Waals surface area (Å²) in [6, 6.07) is 1.90. The van der Waals surface area contributed by atoms with E-state index >= 15 is 0 Å². The van der Waals surface area contributed by atoms with Crippen LogP contribution in [0.3, 0.4) is 0 Å². The van der Waals surface area contributed by atoms with Crippen molar-refractivity contribution in [2.75, 3.05) is 13.7 Å². The number of nitrogens with one attached hydrogen (secondary N) is 3. The number of ether oxygens (including phenoxy) is 1. The molecule has 1 heterocycles. The maximum absolute atomic E-state index is 12.4. The number of benzene rings is 1. The standard InChI is InChI=1S/C14H19N3O5S/c1-8-6-11(22-3)12(7-9(8)2)23(20,21)15-5-4-10-13(18)17-14(19)16-10/h6-7,10,15H,4-5H2,1-3H3,(H2,16,17,18,19). The van der Waals surface area contributed by atoms with E-state index in [1.807, 2.05) is 13.8 Å². The predicted molar refractivity (Wildman–Crippen MR) is 82.7 cm³/mol. The van der Waals surface area contributed by atoms with Crippen molar-refractivity contribution in [1.29, 1.82) is 0 Å². The van der Waals surface area contributed by atoms with Crippen LogP contribution in [0, 0.1) is 13.8 Å². The molecule has 0 aromatic heterocycles. The Labute approximate surface area is 134 Å². The van der Waals surface area contributed by atoms with Crippen LogP contribution in [0.5, 0.6) is 5.75 Å². The molecule has 0 bridgehead atoms. The summed E-state index contributed by atoms with van der Waals surface area (Å²) in [5.41, 5.74) is 1.75. The summed E-state index contributed by atoms with van der Waals surface area (Å²) in [5, 5.41) is 4.50. The lowest BCUT2D eigenvalue weighted by atomic mass is 10.1. The highest BCUT2D eigenvalue weighted by Gasteiger charge is 2.29. The van der Waals surface area contributed by atoms with Gasteiger partial charge in [0.05, 0.1) is 7.11 Å². The van der Waals surface area contributed by atoms with Gasteiger partial charge in [-0.15, -0.1) is 0 Å². The van der Waals surface area contributed by atoms with Crippen molar-refractivity contribution < 1.29 is 22.7 Å². The third kappa shape index (κ3) is 3.80. The summed E-state index contributed by atoms with van der Waals surface area (Å²) in [4.78, 5) is 22.4. The van der Waals surface area contributed by atoms with Gasteiger partial charge in [0, 0.05) is 6.54 Å². The van der Waals surface area contributed by atoms with E-state index in [-0.39, 0.29) is 23.6 Å². The van der Waals surface area contributed by atoms with Gasteiger partial charge >= 0.3 is 6.03 Å². The highest BCUT2D eigenvalue weighted by atomic mass is 32.2. The molecule has 1 saturated heterocycles. The summed E-state index contributed by atoms with van der Waals surface area (Å²) in [6.07, 6.45) is 0.157. The molecule has 8 nitrogen and oxygen atoms in total. The van der Waals surface area contributed by atoms with Crippen LogP contribution >= 0.6 is 0 Å². The number of urea groups is 1. The fraction of sp³-hybridized carbons (Fsp3) is 0.429. The molecule has 3 amide bonds. The Kier molecular flexibility index (Phi) is 4.90. The monoisotopic (exact) mass is 341 g/mol. The molecule has 0 radical (unpaired) electrons. The zero-order valence-corrected chi connectivity index (χ0v) is 13.9. The molecule has 126 valence electrons. The first-order valence-electron chi connectivity index (χ1n) is 7.01. The third-order valence-electron chi connectivity index (χ3n) is 3.65. The Morgan fingerprint density at radius 1 is 1.22 bits per heavy atom. The van der Waals surface area contributed by atoms with Crippen molar-refractivity contribution in [3.63, 3.8) is 0 Å². The van der Waals surface area contributed by atoms with E-state index in [4.69, 9.17) is 4.74 Å². The highest BCUT2D eigenvalue weighted by Crippen LogP contribution is 2.27. The van der Waals surface area contributed by atoms with Crippen LogP contribution in [0.2, 0.25) is 0 Å². The molecule has 1 aliphatic heterocycles. The second-order valence-electron chi connectivity index (χ2n) is 5.29. The van der Waals surface area contributed by atoms with Gasteiger partial charge in [-0.2, -0.15) is 0 Å². The predicted octanol–water partition coefficient (Wildman–Crippen LogP) is 0.188. The Balaban J connectivity index is 2.09. The average Bonchev–Trinajstić information content (AvgIpc) is 2.79. The lowest BCUT2D eigenvalue weighted by molar-refractivity contribution is -0.120. The van der Waals surface area contributed by atoms with Crippen LogP contribution in [0.4, 0.5) is 4.79 Å². The number of hydrogen-bond donors (Lipinski definition) is 3. The Hall–Kier alpha value is -2.13. The van der Waals surface area contributed by atoms with Gasteiger partial charge in [-0.1, -0.05) is 0 Å². The van der Waals surface area contributed by atoms with Gasteiger partial charge in [-0.3, -0.25) is 10.1 Å². The molecular formula is C14H19N3O5S. The summed E-state index contributed by atoms with van der Waals surface area (Å²) in [6.45, 7) is 3.69. The first kappa shape index (κ1) is 17.2. The number of aryl methyl sites for hydroxylation is 2. The normalized spacial score (nSPS) is 17.8. The quantitative estimate of drug-likeness (QED) is 0.639. The molecule has 3 N–H and O–H groups in total. The maximum atomic E-state index is 12.4. The van der Waals surface area contributed by atoms with Gasteiger partial charge in [0.25, 0.3) is 5.91 Å². The minimum Gasteiger partial charge on any atom is -0.495 e. The van der Waals surface area contributed by atoms with E-state index in [1.165, 1.54) is 7.11 Å². The molecule has 0 spiro atoms. The van der Waals surface area contributed by atoms with Crippen molar-refractivity contribution in [3.8, 4) is 5.75 Å². The zero-order chi connectivity index (χ0) is 17.2. The van der Waals surface area contributed by atoms with Crippen molar-refractivity contribution in [2.24, 2.45) is 0 Å². The van der Waals surface area contributed by atoms with Gasteiger partial charge in [-0.25, -0.2) is 17.9 Å². The Morgan fingerprint density at radius 2 is 1.87 bits per heavy atom. The summed E-state index contributed by atoms with van der Waals surface area (Å²) in [7, 11) is -2.38. The van der Waals surface area contributed by atoms with Gasteiger partial charge in [0.15, 0.2) is 0 Å². The molecule has 1 aliphatic rings. The van der Waals surface area contributed by atoms with Crippen LogP contribution in [-0.2, 0) is 14.8 Å². The van der Waals surface area contributed by atoms with Crippen LogP contribution in [0.15, 0.2) is 17.0 Å². The molecule has 1 aromatic rings. The maximum Gasteiger partial charge on any atom is 0.322 e. The highest BCUT2D eigenvalue weighted by molar-refractivity contribution is 7.89. The Morgan fingerprint density at radius 3 is 2.43 bits per heavy atom. The van der Waals surface area contributed by atoms with Gasteiger partial charge in [0.1, 0.15) is 16.7 Å². The number of sulfonamides is 1. The number of rotatable bonds is 6. The van der Waals surface area contributed by atoms with Crippen molar-refractivity contribution in [1.82, 2.24) is 15.4 Å². The number of carbonyl (C=O) groups excluding carboxylic acids is 2. The van der Waals surface area contributed by atoms with Crippen molar-refractivity contribution in [3.05, 3.63) is 23.3 Å². The van der Waals surface area contributed by atoms with Crippen molar-refractivity contribution in [2.45, 2.75) is 31.2 Å². The van der Waals surface area contributed by atoms with Gasteiger partial charge in [0.2, 0.25) is 10.0 Å². The molecule has 1 aromatic carbocycles. The van der Waals surface area contributed by atoms with Crippen LogP contribution in [0.25, 0.3) is 0 Å². The second-order valence-corrected chi connectivity index (χ2v) is 7.02. The first-order chi connectivity index (χ1) is 10.7. The van der Waals surface area contributed by atoms with Crippen molar-refractivity contribution >= 4 is 22.0 Å². The third-order valence-corrected chi connectivity index (χ3v) is 5.14. The molecule has 0 aliphatic carbocycles. The zero-order valence-electron chi connectivity index (χ0n) is 13.1. The summed E-state index contributed by atoms with van der Waals surface area (Å²) >= 11 is 0. The molecule has 23 heavy (non-hydrogen) atoms. The fourth-order valence-corrected chi connectivity index (χ4v) is 3.49. The SMILES string of the molecule is COc1cc(C)c(C)cc1S(=O)(=O)NCCC1NC(=O)NC1=O. The first-order valence-corrected chi connectivity index (χ1v) is 8.49. The van der Waals surface area contributed by atoms with E-state index in [9.17, 15) is 18.0 Å². The van der Waals surface area contributed by atoms with E-state index in [0.29, 0.717) is 0 Å². The summed E-state index contributed by atoms with van der Waals surface area (Å²) in [5.74, 6) is -0.203. The minimum atomic E-state index is -3.78. The number of imide groups is 1. The van der Waals surface area contributed by atoms with E-state index in [1.54, 1.807) is 12.1 Å². The minimum absolute atomic E-state index is 0.0107. The molecule has 9 heteroatoms. The van der Waals surface area contributed by atoms with Crippen LogP contribution in [-0.4, -0.2) is 40.1 Å². The lowest BCUT2D eigenvalue weighted by Gasteiger charge is -2.14. The number of amides is 3. The molecule has 2 rings (SSSR count). The largest absolute Gasteiger partial charge is 0.495 e. The number of methoxy groups -OCH3 is 1. The van der Waals surface area contributed by atoms with Crippen LogP contribution < -0.4 is 20.1 Å².